The quantitative estimate of drug-likeness (QED) is 0.372. The molecule has 0 aliphatic carbocycles. The van der Waals surface area contributed by atoms with E-state index in [2.05, 4.69) is 15.1 Å². The minimum absolute atomic E-state index is 0.0261. The van der Waals surface area contributed by atoms with Crippen molar-refractivity contribution >= 4 is 17.6 Å². The molecule has 88 valence electrons. The minimum Gasteiger partial charge on any atom is -0.439 e. The van der Waals surface area contributed by atoms with Crippen LogP contribution >= 0.6 is 11.8 Å². The van der Waals surface area contributed by atoms with Gasteiger partial charge in [-0.3, -0.25) is 4.98 Å². The number of pyridine rings is 1. The third-order valence-electron chi connectivity index (χ3n) is 1.96. The Kier molecular flexibility index (Phi) is 3.29. The van der Waals surface area contributed by atoms with Crippen LogP contribution in [0.4, 0.5) is 0 Å². The van der Waals surface area contributed by atoms with Crippen LogP contribution in [0.3, 0.4) is 0 Å². The Morgan fingerprint density at radius 3 is 3.06 bits per heavy atom. The molecule has 0 unspecified atom stereocenters. The summed E-state index contributed by atoms with van der Waals surface area (Å²) in [4.78, 5) is 8.85. The Bertz CT molecular complexity index is 553. The molecule has 0 saturated carbocycles. The molecule has 0 bridgehead atoms. The molecule has 0 aliphatic rings. The van der Waals surface area contributed by atoms with Gasteiger partial charge in [-0.25, -0.2) is 4.98 Å². The van der Waals surface area contributed by atoms with E-state index in [4.69, 9.17) is 15.4 Å². The molecule has 0 aromatic carbocycles. The van der Waals surface area contributed by atoms with Crippen molar-refractivity contribution in [2.24, 2.45) is 10.9 Å². The number of aryl methyl sites for hydroxylation is 1. The zero-order valence-corrected chi connectivity index (χ0v) is 9.81. The van der Waals surface area contributed by atoms with Gasteiger partial charge in [0, 0.05) is 22.9 Å². The fourth-order valence-corrected chi connectivity index (χ4v) is 2.07. The zero-order valence-electron chi connectivity index (χ0n) is 8.99. The highest BCUT2D eigenvalue weighted by atomic mass is 32.2. The first-order valence-corrected chi connectivity index (χ1v) is 5.54. The smallest absolute Gasteiger partial charge is 0.260 e. The first kappa shape index (κ1) is 11.5. The second-order valence-electron chi connectivity index (χ2n) is 3.21. The van der Waals surface area contributed by atoms with Gasteiger partial charge < -0.3 is 15.4 Å². The summed E-state index contributed by atoms with van der Waals surface area (Å²) in [6, 6.07) is 1.66. The summed E-state index contributed by atoms with van der Waals surface area (Å²) in [6.07, 6.45) is 4.73. The lowest BCUT2D eigenvalue weighted by molar-refractivity contribution is 0.318. The summed E-state index contributed by atoms with van der Waals surface area (Å²) in [7, 11) is 0. The van der Waals surface area contributed by atoms with E-state index in [0.29, 0.717) is 15.7 Å². The van der Waals surface area contributed by atoms with Crippen LogP contribution in [-0.2, 0) is 0 Å². The van der Waals surface area contributed by atoms with E-state index in [1.807, 2.05) is 6.92 Å². The summed E-state index contributed by atoms with van der Waals surface area (Å²) < 4.78 is 5.22. The number of amidine groups is 1. The Labute approximate surface area is 102 Å². The van der Waals surface area contributed by atoms with Crippen molar-refractivity contribution in [1.82, 2.24) is 9.97 Å². The number of aromatic nitrogens is 2. The topological polar surface area (TPSA) is 97.5 Å². The van der Waals surface area contributed by atoms with E-state index in [-0.39, 0.29) is 5.84 Å². The standard InChI is InChI=1S/C10H10N4O2S/c1-6-5-16-10(13-6)17-8-4-12-3-2-7(8)9(11)14-15/h2-5,15H,1H3,(H2,11,14). The molecular weight excluding hydrogens is 240 g/mol. The van der Waals surface area contributed by atoms with E-state index in [0.717, 1.165) is 5.69 Å². The van der Waals surface area contributed by atoms with Crippen LogP contribution in [0.25, 0.3) is 0 Å². The maximum Gasteiger partial charge on any atom is 0.260 e. The van der Waals surface area contributed by atoms with Gasteiger partial charge >= 0.3 is 0 Å². The van der Waals surface area contributed by atoms with Gasteiger partial charge in [0.2, 0.25) is 0 Å². The van der Waals surface area contributed by atoms with E-state index < -0.39 is 0 Å². The third kappa shape index (κ3) is 2.56. The van der Waals surface area contributed by atoms with Crippen LogP contribution in [-0.4, -0.2) is 21.0 Å². The SMILES string of the molecule is Cc1coc(Sc2cnccc2/C(N)=N/O)n1. The minimum atomic E-state index is 0.0261. The molecule has 7 heteroatoms. The lowest BCUT2D eigenvalue weighted by Gasteiger charge is -2.03. The first-order chi connectivity index (χ1) is 8.20. The van der Waals surface area contributed by atoms with Gasteiger partial charge in [-0.1, -0.05) is 5.16 Å². The second-order valence-corrected chi connectivity index (χ2v) is 4.21. The molecule has 0 aliphatic heterocycles. The van der Waals surface area contributed by atoms with Crippen molar-refractivity contribution in [2.75, 3.05) is 0 Å². The van der Waals surface area contributed by atoms with Crippen LogP contribution in [0.5, 0.6) is 0 Å². The van der Waals surface area contributed by atoms with Gasteiger partial charge in [0.25, 0.3) is 5.22 Å². The molecule has 2 rings (SSSR count). The van der Waals surface area contributed by atoms with Gasteiger partial charge in [0.1, 0.15) is 6.26 Å². The summed E-state index contributed by atoms with van der Waals surface area (Å²) in [5, 5.41) is 12.1. The maximum atomic E-state index is 8.68. The Morgan fingerprint density at radius 1 is 1.59 bits per heavy atom. The average Bonchev–Trinajstić information content (AvgIpc) is 2.74. The third-order valence-corrected chi connectivity index (χ3v) is 2.87. The molecule has 2 aromatic rings. The van der Waals surface area contributed by atoms with Crippen LogP contribution < -0.4 is 5.73 Å². The molecule has 17 heavy (non-hydrogen) atoms. The molecule has 3 N–H and O–H groups in total. The number of hydrogen-bond donors (Lipinski definition) is 2. The molecule has 0 spiro atoms. The number of oxime groups is 1. The monoisotopic (exact) mass is 250 g/mol. The molecule has 2 aromatic heterocycles. The average molecular weight is 250 g/mol. The molecule has 0 fully saturated rings. The second kappa shape index (κ2) is 4.88. The number of nitrogens with zero attached hydrogens (tertiary/aromatic N) is 3. The van der Waals surface area contributed by atoms with Crippen molar-refractivity contribution < 1.29 is 9.62 Å². The van der Waals surface area contributed by atoms with E-state index in [1.54, 1.807) is 24.7 Å². The van der Waals surface area contributed by atoms with Gasteiger partial charge in [-0.05, 0) is 24.8 Å². The number of rotatable bonds is 3. The van der Waals surface area contributed by atoms with Gasteiger partial charge in [-0.2, -0.15) is 0 Å². The van der Waals surface area contributed by atoms with Gasteiger partial charge in [-0.15, -0.1) is 0 Å². The van der Waals surface area contributed by atoms with Crippen molar-refractivity contribution in [1.29, 1.82) is 0 Å². The molecule has 6 nitrogen and oxygen atoms in total. The molecule has 0 saturated heterocycles. The van der Waals surface area contributed by atoms with Crippen LogP contribution in [0.15, 0.2) is 44.4 Å². The number of oxazole rings is 1. The lowest BCUT2D eigenvalue weighted by Crippen LogP contribution is -2.14. The van der Waals surface area contributed by atoms with E-state index >= 15 is 0 Å². The van der Waals surface area contributed by atoms with Crippen molar-refractivity contribution in [3.63, 3.8) is 0 Å². The fourth-order valence-electron chi connectivity index (χ4n) is 1.20. The summed E-state index contributed by atoms with van der Waals surface area (Å²) in [5.74, 6) is 0.0261. The Morgan fingerprint density at radius 2 is 2.41 bits per heavy atom. The molecular formula is C10H10N4O2S. The van der Waals surface area contributed by atoms with Crippen LogP contribution in [0.1, 0.15) is 11.3 Å². The highest BCUT2D eigenvalue weighted by Crippen LogP contribution is 2.28. The predicted octanol–water partition coefficient (Wildman–Crippen LogP) is 1.62. The maximum absolute atomic E-state index is 8.68. The molecule has 0 amide bonds. The molecule has 0 atom stereocenters. The predicted molar refractivity (Wildman–Crippen MR) is 62.1 cm³/mol. The van der Waals surface area contributed by atoms with Gasteiger partial charge in [0.15, 0.2) is 5.84 Å². The van der Waals surface area contributed by atoms with E-state index in [1.165, 1.54) is 11.8 Å². The lowest BCUT2D eigenvalue weighted by atomic mass is 10.2. The number of nitrogens with two attached hydrogens (primary N) is 1. The van der Waals surface area contributed by atoms with Crippen LogP contribution in [0, 0.1) is 6.92 Å². The highest BCUT2D eigenvalue weighted by molar-refractivity contribution is 7.99. The largest absolute Gasteiger partial charge is 0.439 e. The number of hydrogen-bond acceptors (Lipinski definition) is 6. The van der Waals surface area contributed by atoms with Gasteiger partial charge in [0.05, 0.1) is 5.69 Å². The highest BCUT2D eigenvalue weighted by Gasteiger charge is 2.11. The molecule has 0 radical (unpaired) electrons. The normalized spacial score (nSPS) is 11.7. The van der Waals surface area contributed by atoms with Crippen LogP contribution in [0.2, 0.25) is 0 Å². The van der Waals surface area contributed by atoms with Crippen molar-refractivity contribution in [3.8, 4) is 0 Å². The first-order valence-electron chi connectivity index (χ1n) is 4.72. The summed E-state index contributed by atoms with van der Waals surface area (Å²) in [5.41, 5.74) is 6.94. The zero-order chi connectivity index (χ0) is 12.3. The summed E-state index contributed by atoms with van der Waals surface area (Å²) in [6.45, 7) is 1.83. The Hall–Kier alpha value is -2.02. The van der Waals surface area contributed by atoms with Crippen molar-refractivity contribution in [2.45, 2.75) is 17.0 Å². The van der Waals surface area contributed by atoms with Crippen molar-refractivity contribution in [3.05, 3.63) is 36.0 Å². The fraction of sp³-hybridized carbons (Fsp3) is 0.100. The summed E-state index contributed by atoms with van der Waals surface area (Å²) >= 11 is 1.27. The Balaban J connectivity index is 2.32. The van der Waals surface area contributed by atoms with E-state index in [9.17, 15) is 0 Å². The molecule has 2 heterocycles.